The summed E-state index contributed by atoms with van der Waals surface area (Å²) in [5, 5.41) is 5.67. The molecule has 2 amide bonds. The molecule has 0 aromatic heterocycles. The molecule has 0 aliphatic rings. The van der Waals surface area contributed by atoms with Gasteiger partial charge in [0.2, 0.25) is 0 Å². The lowest BCUT2D eigenvalue weighted by atomic mass is 10.1. The van der Waals surface area contributed by atoms with Gasteiger partial charge in [-0.2, -0.15) is 0 Å². The molecular weight excluding hydrogens is 332 g/mol. The Morgan fingerprint density at radius 3 is 2.42 bits per heavy atom. The third-order valence-corrected chi connectivity index (χ3v) is 3.65. The molecule has 2 aromatic rings. The van der Waals surface area contributed by atoms with E-state index in [2.05, 4.69) is 10.6 Å². The first-order chi connectivity index (χ1) is 12.5. The van der Waals surface area contributed by atoms with Crippen LogP contribution in [0.1, 0.15) is 19.4 Å². The van der Waals surface area contributed by atoms with Gasteiger partial charge in [-0.05, 0) is 50.1 Å². The van der Waals surface area contributed by atoms with Crippen LogP contribution < -0.4 is 24.8 Å². The van der Waals surface area contributed by atoms with Crippen LogP contribution in [-0.4, -0.2) is 32.9 Å². The van der Waals surface area contributed by atoms with E-state index in [-0.39, 0.29) is 12.1 Å². The predicted octanol–water partition coefficient (Wildman–Crippen LogP) is 3.86. The molecule has 26 heavy (non-hydrogen) atoms. The normalized spacial score (nSPS) is 10.3. The molecule has 6 nitrogen and oxygen atoms in total. The number of hydrogen-bond donors (Lipinski definition) is 2. The lowest BCUT2D eigenvalue weighted by Crippen LogP contribution is -2.30. The molecule has 2 aromatic carbocycles. The van der Waals surface area contributed by atoms with Crippen molar-refractivity contribution < 1.29 is 19.0 Å². The van der Waals surface area contributed by atoms with Crippen molar-refractivity contribution in [1.29, 1.82) is 0 Å². The highest BCUT2D eigenvalue weighted by molar-refractivity contribution is 5.90. The van der Waals surface area contributed by atoms with Crippen molar-refractivity contribution in [3.63, 3.8) is 0 Å². The van der Waals surface area contributed by atoms with E-state index in [0.717, 1.165) is 5.56 Å². The maximum absolute atomic E-state index is 12.1. The maximum atomic E-state index is 12.1. The third-order valence-electron chi connectivity index (χ3n) is 3.65. The summed E-state index contributed by atoms with van der Waals surface area (Å²) in [6.07, 6.45) is 0.712. The second-order valence-electron chi connectivity index (χ2n) is 5.98. The molecule has 2 rings (SSSR count). The molecule has 0 bridgehead atoms. The molecule has 0 radical (unpaired) electrons. The van der Waals surface area contributed by atoms with Gasteiger partial charge >= 0.3 is 6.03 Å². The first kappa shape index (κ1) is 19.4. The highest BCUT2D eigenvalue weighted by Crippen LogP contribution is 2.27. The van der Waals surface area contributed by atoms with Gasteiger partial charge in [0.15, 0.2) is 11.5 Å². The number of para-hydroxylation sites is 2. The van der Waals surface area contributed by atoms with Crippen molar-refractivity contribution in [2.45, 2.75) is 26.4 Å². The Morgan fingerprint density at radius 2 is 1.73 bits per heavy atom. The van der Waals surface area contributed by atoms with Gasteiger partial charge in [-0.15, -0.1) is 0 Å². The fraction of sp³-hybridized carbons (Fsp3) is 0.350. The maximum Gasteiger partial charge on any atom is 0.319 e. The zero-order chi connectivity index (χ0) is 18.9. The number of hydrogen-bond acceptors (Lipinski definition) is 4. The SMILES string of the molecule is COc1ccc(CCNC(=O)Nc2ccccc2OC(C)C)cc1OC. The highest BCUT2D eigenvalue weighted by Gasteiger charge is 2.09. The van der Waals surface area contributed by atoms with Crippen LogP contribution in [0.25, 0.3) is 0 Å². The van der Waals surface area contributed by atoms with Crippen molar-refractivity contribution in [2.24, 2.45) is 0 Å². The summed E-state index contributed by atoms with van der Waals surface area (Å²) in [4.78, 5) is 12.1. The quantitative estimate of drug-likeness (QED) is 0.752. The zero-order valence-electron chi connectivity index (χ0n) is 15.7. The number of rotatable bonds is 8. The number of carbonyl (C=O) groups is 1. The smallest absolute Gasteiger partial charge is 0.319 e. The molecule has 0 heterocycles. The molecule has 0 aliphatic carbocycles. The fourth-order valence-electron chi connectivity index (χ4n) is 2.45. The number of anilines is 1. The van der Waals surface area contributed by atoms with E-state index in [1.54, 1.807) is 14.2 Å². The number of amides is 2. The molecule has 0 unspecified atom stereocenters. The predicted molar refractivity (Wildman–Crippen MR) is 102 cm³/mol. The summed E-state index contributed by atoms with van der Waals surface area (Å²) in [6, 6.07) is 12.8. The average molecular weight is 358 g/mol. The van der Waals surface area contributed by atoms with Crippen molar-refractivity contribution in [3.8, 4) is 17.2 Å². The van der Waals surface area contributed by atoms with Crippen molar-refractivity contribution in [2.75, 3.05) is 26.1 Å². The number of benzene rings is 2. The van der Waals surface area contributed by atoms with Crippen molar-refractivity contribution in [1.82, 2.24) is 5.32 Å². The largest absolute Gasteiger partial charge is 0.493 e. The minimum atomic E-state index is -0.273. The van der Waals surface area contributed by atoms with E-state index in [0.29, 0.717) is 35.9 Å². The van der Waals surface area contributed by atoms with Gasteiger partial charge in [0.05, 0.1) is 26.0 Å². The fourth-order valence-corrected chi connectivity index (χ4v) is 2.45. The summed E-state index contributed by atoms with van der Waals surface area (Å²) in [7, 11) is 3.20. The summed E-state index contributed by atoms with van der Waals surface area (Å²) in [6.45, 7) is 4.38. The first-order valence-electron chi connectivity index (χ1n) is 8.55. The Labute approximate surface area is 154 Å². The van der Waals surface area contributed by atoms with Crippen molar-refractivity contribution in [3.05, 3.63) is 48.0 Å². The van der Waals surface area contributed by atoms with E-state index in [4.69, 9.17) is 14.2 Å². The topological polar surface area (TPSA) is 68.8 Å². The van der Waals surface area contributed by atoms with Gasteiger partial charge in [0, 0.05) is 6.54 Å². The van der Waals surface area contributed by atoms with Crippen LogP contribution in [0.2, 0.25) is 0 Å². The van der Waals surface area contributed by atoms with Crippen LogP contribution >= 0.6 is 0 Å². The van der Waals surface area contributed by atoms with E-state index < -0.39 is 0 Å². The van der Waals surface area contributed by atoms with E-state index in [1.807, 2.05) is 56.3 Å². The second kappa shape index (κ2) is 9.56. The summed E-state index contributed by atoms with van der Waals surface area (Å²) < 4.78 is 16.2. The lowest BCUT2D eigenvalue weighted by Gasteiger charge is -2.15. The molecular formula is C20H26N2O4. The highest BCUT2D eigenvalue weighted by atomic mass is 16.5. The Bertz CT molecular complexity index is 732. The van der Waals surface area contributed by atoms with Gasteiger partial charge in [-0.3, -0.25) is 0 Å². The van der Waals surface area contributed by atoms with Crippen molar-refractivity contribution >= 4 is 11.7 Å². The van der Waals surface area contributed by atoms with Crippen LogP contribution in [0.15, 0.2) is 42.5 Å². The van der Waals surface area contributed by atoms with E-state index in [1.165, 1.54) is 0 Å². The molecule has 0 fully saturated rings. The number of methoxy groups -OCH3 is 2. The van der Waals surface area contributed by atoms with Crippen LogP contribution in [0.5, 0.6) is 17.2 Å². The second-order valence-corrected chi connectivity index (χ2v) is 5.98. The molecule has 2 N–H and O–H groups in total. The molecule has 0 atom stereocenters. The van der Waals surface area contributed by atoms with Crippen LogP contribution in [-0.2, 0) is 6.42 Å². The van der Waals surface area contributed by atoms with Gasteiger partial charge in [-0.25, -0.2) is 4.79 Å². The van der Waals surface area contributed by atoms with E-state index >= 15 is 0 Å². The Balaban J connectivity index is 1.88. The van der Waals surface area contributed by atoms with Crippen LogP contribution in [0.4, 0.5) is 10.5 Å². The van der Waals surface area contributed by atoms with Crippen LogP contribution in [0, 0.1) is 0 Å². The molecule has 0 spiro atoms. The summed E-state index contributed by atoms with van der Waals surface area (Å²) in [5.74, 6) is 2.01. The summed E-state index contributed by atoms with van der Waals surface area (Å²) >= 11 is 0. The Morgan fingerprint density at radius 1 is 1.00 bits per heavy atom. The third kappa shape index (κ3) is 5.58. The standard InChI is InChI=1S/C20H26N2O4/c1-14(2)26-17-8-6-5-7-16(17)22-20(23)21-12-11-15-9-10-18(24-3)19(13-15)25-4/h5-10,13-14H,11-12H2,1-4H3,(H2,21,22,23). The van der Waals surface area contributed by atoms with Crippen LogP contribution in [0.3, 0.4) is 0 Å². The zero-order valence-corrected chi connectivity index (χ0v) is 15.7. The number of urea groups is 1. The Hall–Kier alpha value is -2.89. The minimum Gasteiger partial charge on any atom is -0.493 e. The molecule has 0 saturated carbocycles. The van der Waals surface area contributed by atoms with Gasteiger partial charge in [-0.1, -0.05) is 18.2 Å². The molecule has 0 aliphatic heterocycles. The van der Waals surface area contributed by atoms with Gasteiger partial charge < -0.3 is 24.8 Å². The monoisotopic (exact) mass is 358 g/mol. The van der Waals surface area contributed by atoms with Gasteiger partial charge in [0.25, 0.3) is 0 Å². The number of ether oxygens (including phenoxy) is 3. The molecule has 0 saturated heterocycles. The molecule has 140 valence electrons. The Kier molecular flexibility index (Phi) is 7.14. The number of nitrogens with one attached hydrogen (secondary N) is 2. The average Bonchev–Trinajstić information content (AvgIpc) is 2.62. The minimum absolute atomic E-state index is 0.0334. The lowest BCUT2D eigenvalue weighted by molar-refractivity contribution is 0.241. The number of carbonyl (C=O) groups excluding carboxylic acids is 1. The molecule has 6 heteroatoms. The summed E-state index contributed by atoms with van der Waals surface area (Å²) in [5.41, 5.74) is 1.69. The first-order valence-corrected chi connectivity index (χ1v) is 8.55. The van der Waals surface area contributed by atoms with E-state index in [9.17, 15) is 4.79 Å². The van der Waals surface area contributed by atoms with Gasteiger partial charge in [0.1, 0.15) is 5.75 Å².